The second kappa shape index (κ2) is 7.45. The Morgan fingerprint density at radius 1 is 1.12 bits per heavy atom. The van der Waals surface area contributed by atoms with Crippen LogP contribution in [0.5, 0.6) is 5.75 Å². The number of methoxy groups -OCH3 is 1. The molecule has 2 aromatic rings. The second-order valence-corrected chi connectivity index (χ2v) is 6.01. The Balaban J connectivity index is 1.61. The second-order valence-electron chi connectivity index (χ2n) is 6.01. The quantitative estimate of drug-likeness (QED) is 0.919. The van der Waals surface area contributed by atoms with Crippen molar-refractivity contribution in [2.75, 3.05) is 33.3 Å². The van der Waals surface area contributed by atoms with E-state index in [1.54, 1.807) is 25.3 Å². The summed E-state index contributed by atoms with van der Waals surface area (Å²) in [6.07, 6.45) is 0. The summed E-state index contributed by atoms with van der Waals surface area (Å²) in [4.78, 5) is 15.8. The molecule has 1 heterocycles. The lowest BCUT2D eigenvalue weighted by Gasteiger charge is -2.32. The van der Waals surface area contributed by atoms with Gasteiger partial charge in [0.2, 0.25) is 0 Å². The van der Waals surface area contributed by atoms with E-state index < -0.39 is 0 Å². The number of amides is 1. The molecule has 0 bridgehead atoms. The summed E-state index contributed by atoms with van der Waals surface area (Å²) in [5.74, 6) is 0.443. The van der Waals surface area contributed by atoms with Crippen LogP contribution < -0.4 is 9.64 Å². The van der Waals surface area contributed by atoms with E-state index >= 15 is 0 Å². The molecule has 0 saturated carbocycles. The smallest absolute Gasteiger partial charge is 0.258 e. The van der Waals surface area contributed by atoms with Gasteiger partial charge in [0.25, 0.3) is 5.91 Å². The number of halogens is 1. The first-order valence-electron chi connectivity index (χ1n) is 8.18. The number of nitrogens with one attached hydrogen (secondary N) is 1. The van der Waals surface area contributed by atoms with Crippen molar-refractivity contribution < 1.29 is 18.8 Å². The number of benzene rings is 2. The molecule has 0 radical (unpaired) electrons. The summed E-state index contributed by atoms with van der Waals surface area (Å²) < 4.78 is 19.0. The number of para-hydroxylation sites is 1. The standard InChI is InChI=1S/C19H21FN2O2/c1-24-18-9-5-3-7-16(18)19(23)22-12-10-21(11-13-22)14-15-6-2-4-8-17(15)20/h2-9H,10-14H2,1H3/p+1. The Morgan fingerprint density at radius 2 is 1.79 bits per heavy atom. The monoisotopic (exact) mass is 329 g/mol. The summed E-state index contributed by atoms with van der Waals surface area (Å²) >= 11 is 0. The van der Waals surface area contributed by atoms with Crippen LogP contribution in [0.4, 0.5) is 4.39 Å². The van der Waals surface area contributed by atoms with E-state index in [9.17, 15) is 9.18 Å². The number of quaternary nitrogens is 1. The summed E-state index contributed by atoms with van der Waals surface area (Å²) in [5, 5.41) is 0. The highest BCUT2D eigenvalue weighted by Crippen LogP contribution is 2.19. The molecule has 1 fully saturated rings. The molecule has 0 atom stereocenters. The van der Waals surface area contributed by atoms with Gasteiger partial charge in [-0.15, -0.1) is 0 Å². The van der Waals surface area contributed by atoms with Crippen molar-refractivity contribution in [2.45, 2.75) is 6.54 Å². The number of ether oxygens (including phenoxy) is 1. The van der Waals surface area contributed by atoms with Crippen molar-refractivity contribution in [3.63, 3.8) is 0 Å². The zero-order valence-electron chi connectivity index (χ0n) is 13.8. The van der Waals surface area contributed by atoms with Gasteiger partial charge >= 0.3 is 0 Å². The van der Waals surface area contributed by atoms with Crippen LogP contribution in [-0.4, -0.2) is 44.1 Å². The Morgan fingerprint density at radius 3 is 2.50 bits per heavy atom. The number of carbonyl (C=O) groups is 1. The number of carbonyl (C=O) groups excluding carboxylic acids is 1. The lowest BCUT2D eigenvalue weighted by atomic mass is 10.1. The molecular weight excluding hydrogens is 307 g/mol. The average molecular weight is 329 g/mol. The van der Waals surface area contributed by atoms with Crippen LogP contribution in [0.1, 0.15) is 15.9 Å². The predicted octanol–water partition coefficient (Wildman–Crippen LogP) is 1.38. The zero-order valence-corrected chi connectivity index (χ0v) is 13.8. The maximum atomic E-state index is 13.8. The molecule has 1 saturated heterocycles. The minimum absolute atomic E-state index is 0.00242. The van der Waals surface area contributed by atoms with Gasteiger partial charge in [0.05, 0.1) is 38.9 Å². The van der Waals surface area contributed by atoms with Crippen LogP contribution in [0.3, 0.4) is 0 Å². The van der Waals surface area contributed by atoms with Crippen LogP contribution in [0.15, 0.2) is 48.5 Å². The molecule has 1 aliphatic rings. The van der Waals surface area contributed by atoms with Crippen LogP contribution in [0.2, 0.25) is 0 Å². The lowest BCUT2D eigenvalue weighted by Crippen LogP contribution is -3.13. The topological polar surface area (TPSA) is 34.0 Å². The first-order chi connectivity index (χ1) is 11.7. The third kappa shape index (κ3) is 3.57. The molecule has 3 rings (SSSR count). The molecule has 1 aliphatic heterocycles. The van der Waals surface area contributed by atoms with E-state index in [0.29, 0.717) is 30.9 Å². The number of hydrogen-bond donors (Lipinski definition) is 1. The molecule has 24 heavy (non-hydrogen) atoms. The van der Waals surface area contributed by atoms with E-state index in [1.807, 2.05) is 29.2 Å². The van der Waals surface area contributed by atoms with Crippen LogP contribution in [-0.2, 0) is 6.54 Å². The van der Waals surface area contributed by atoms with Gasteiger partial charge in [-0.1, -0.05) is 30.3 Å². The summed E-state index contributed by atoms with van der Waals surface area (Å²) in [5.41, 5.74) is 1.33. The highest BCUT2D eigenvalue weighted by atomic mass is 19.1. The van der Waals surface area contributed by atoms with Gasteiger partial charge in [-0.3, -0.25) is 4.79 Å². The van der Waals surface area contributed by atoms with Gasteiger partial charge in [0.1, 0.15) is 18.1 Å². The highest BCUT2D eigenvalue weighted by Gasteiger charge is 2.26. The molecule has 0 spiro atoms. The van der Waals surface area contributed by atoms with Gasteiger partial charge in [0.15, 0.2) is 0 Å². The molecule has 5 heteroatoms. The van der Waals surface area contributed by atoms with Gasteiger partial charge < -0.3 is 14.5 Å². The van der Waals surface area contributed by atoms with Crippen molar-refractivity contribution in [3.05, 3.63) is 65.5 Å². The first kappa shape index (κ1) is 16.5. The number of nitrogens with zero attached hydrogens (tertiary/aromatic N) is 1. The van der Waals surface area contributed by atoms with E-state index in [2.05, 4.69) is 0 Å². The molecule has 1 amide bonds. The number of hydrogen-bond acceptors (Lipinski definition) is 2. The van der Waals surface area contributed by atoms with Gasteiger partial charge in [-0.05, 0) is 18.2 Å². The molecule has 0 aromatic heterocycles. The lowest BCUT2D eigenvalue weighted by molar-refractivity contribution is -0.917. The fourth-order valence-electron chi connectivity index (χ4n) is 3.11. The average Bonchev–Trinajstić information content (AvgIpc) is 2.63. The minimum atomic E-state index is -0.155. The Labute approximate surface area is 141 Å². The maximum absolute atomic E-state index is 13.8. The van der Waals surface area contributed by atoms with Gasteiger partial charge in [0, 0.05) is 5.56 Å². The van der Waals surface area contributed by atoms with E-state index in [-0.39, 0.29) is 11.7 Å². The Bertz CT molecular complexity index is 712. The molecule has 1 N–H and O–H groups in total. The van der Waals surface area contributed by atoms with Crippen molar-refractivity contribution in [3.8, 4) is 5.75 Å². The molecule has 0 aliphatic carbocycles. The van der Waals surface area contributed by atoms with Crippen LogP contribution in [0.25, 0.3) is 0 Å². The Hall–Kier alpha value is -2.40. The maximum Gasteiger partial charge on any atom is 0.258 e. The van der Waals surface area contributed by atoms with E-state index in [0.717, 1.165) is 18.7 Å². The number of piperazine rings is 1. The third-order valence-corrected chi connectivity index (χ3v) is 4.49. The van der Waals surface area contributed by atoms with Gasteiger partial charge in [-0.2, -0.15) is 0 Å². The molecule has 126 valence electrons. The van der Waals surface area contributed by atoms with E-state index in [1.165, 1.54) is 11.0 Å². The Kier molecular flexibility index (Phi) is 5.11. The minimum Gasteiger partial charge on any atom is -0.496 e. The van der Waals surface area contributed by atoms with Crippen molar-refractivity contribution >= 4 is 5.91 Å². The predicted molar refractivity (Wildman–Crippen MR) is 89.7 cm³/mol. The fraction of sp³-hybridized carbons (Fsp3) is 0.316. The SMILES string of the molecule is COc1ccccc1C(=O)N1CC[NH+](Cc2ccccc2F)CC1. The van der Waals surface area contributed by atoms with Crippen molar-refractivity contribution in [2.24, 2.45) is 0 Å². The van der Waals surface area contributed by atoms with Crippen molar-refractivity contribution in [1.29, 1.82) is 0 Å². The highest BCUT2D eigenvalue weighted by molar-refractivity contribution is 5.97. The third-order valence-electron chi connectivity index (χ3n) is 4.49. The molecular formula is C19H22FN2O2+. The largest absolute Gasteiger partial charge is 0.496 e. The fourth-order valence-corrected chi connectivity index (χ4v) is 3.11. The molecule has 0 unspecified atom stereocenters. The van der Waals surface area contributed by atoms with Crippen LogP contribution >= 0.6 is 0 Å². The first-order valence-corrected chi connectivity index (χ1v) is 8.18. The van der Waals surface area contributed by atoms with E-state index in [4.69, 9.17) is 4.74 Å². The molecule has 4 nitrogen and oxygen atoms in total. The van der Waals surface area contributed by atoms with Crippen molar-refractivity contribution in [1.82, 2.24) is 4.90 Å². The summed E-state index contributed by atoms with van der Waals surface area (Å²) in [6.45, 7) is 3.62. The van der Waals surface area contributed by atoms with Crippen LogP contribution in [0, 0.1) is 5.82 Å². The molecule has 2 aromatic carbocycles. The zero-order chi connectivity index (χ0) is 16.9. The normalized spacial score (nSPS) is 15.3. The van der Waals surface area contributed by atoms with Gasteiger partial charge in [-0.25, -0.2) is 4.39 Å². The summed E-state index contributed by atoms with van der Waals surface area (Å²) in [6, 6.07) is 14.2. The number of rotatable bonds is 4. The summed E-state index contributed by atoms with van der Waals surface area (Å²) in [7, 11) is 1.57.